The van der Waals surface area contributed by atoms with Crippen LogP contribution in [0.4, 0.5) is 0 Å². The zero-order chi connectivity index (χ0) is 14.5. The molecule has 2 rings (SSSR count). The van der Waals surface area contributed by atoms with Crippen molar-refractivity contribution in [3.63, 3.8) is 0 Å². The van der Waals surface area contributed by atoms with Gasteiger partial charge >= 0.3 is 0 Å². The molecule has 1 fully saturated rings. The summed E-state index contributed by atoms with van der Waals surface area (Å²) in [4.78, 5) is 2.41. The van der Waals surface area contributed by atoms with Crippen LogP contribution >= 0.6 is 11.6 Å². The molecule has 1 aromatic carbocycles. The molecule has 0 saturated carbocycles. The van der Waals surface area contributed by atoms with Crippen molar-refractivity contribution in [2.24, 2.45) is 0 Å². The van der Waals surface area contributed by atoms with Crippen LogP contribution in [-0.4, -0.2) is 36.7 Å². The summed E-state index contributed by atoms with van der Waals surface area (Å²) in [6, 6.07) is 8.77. The Hall–Kier alpha value is -0.570. The highest BCUT2D eigenvalue weighted by Crippen LogP contribution is 2.24. The lowest BCUT2D eigenvalue weighted by atomic mass is 10.1. The van der Waals surface area contributed by atoms with Gasteiger partial charge < -0.3 is 4.74 Å². The molecular weight excluding hydrogens is 270 g/mol. The molecule has 1 heterocycles. The van der Waals surface area contributed by atoms with Crippen LogP contribution in [0.2, 0.25) is 0 Å². The zero-order valence-corrected chi connectivity index (χ0v) is 13.6. The van der Waals surface area contributed by atoms with Gasteiger partial charge in [0.15, 0.2) is 0 Å². The minimum Gasteiger partial charge on any atom is -0.373 e. The Morgan fingerprint density at radius 2 is 1.80 bits per heavy atom. The molecule has 112 valence electrons. The number of rotatable bonds is 5. The fourth-order valence-corrected chi connectivity index (χ4v) is 3.29. The molecule has 1 aromatic rings. The van der Waals surface area contributed by atoms with E-state index in [0.717, 1.165) is 26.1 Å². The molecule has 0 spiro atoms. The maximum atomic E-state index is 6.58. The van der Waals surface area contributed by atoms with Crippen LogP contribution in [0.5, 0.6) is 0 Å². The zero-order valence-electron chi connectivity index (χ0n) is 12.8. The van der Waals surface area contributed by atoms with Gasteiger partial charge in [-0.2, -0.15) is 0 Å². The lowest BCUT2D eigenvalue weighted by Crippen LogP contribution is -2.46. The van der Waals surface area contributed by atoms with Crippen LogP contribution in [0.25, 0.3) is 0 Å². The Morgan fingerprint density at radius 3 is 2.35 bits per heavy atom. The highest BCUT2D eigenvalue weighted by atomic mass is 35.5. The maximum absolute atomic E-state index is 6.58. The molecule has 0 aromatic heterocycles. The predicted molar refractivity (Wildman–Crippen MR) is 85.5 cm³/mol. The molecule has 3 atom stereocenters. The number of nitrogens with zero attached hydrogens (tertiary/aromatic N) is 1. The third-order valence-electron chi connectivity index (χ3n) is 3.79. The van der Waals surface area contributed by atoms with E-state index in [2.05, 4.69) is 49.9 Å². The van der Waals surface area contributed by atoms with Crippen molar-refractivity contribution >= 4 is 11.6 Å². The average Bonchev–Trinajstić information content (AvgIpc) is 2.38. The van der Waals surface area contributed by atoms with Gasteiger partial charge in [0.1, 0.15) is 0 Å². The molecule has 0 bridgehead atoms. The van der Waals surface area contributed by atoms with Crippen LogP contribution in [0, 0.1) is 0 Å². The molecule has 1 aliphatic heterocycles. The van der Waals surface area contributed by atoms with Crippen molar-refractivity contribution in [2.45, 2.75) is 51.2 Å². The van der Waals surface area contributed by atoms with E-state index in [9.17, 15) is 0 Å². The number of hydrogen-bond acceptors (Lipinski definition) is 2. The summed E-state index contributed by atoms with van der Waals surface area (Å²) in [5.41, 5.74) is 2.62. The van der Waals surface area contributed by atoms with E-state index in [0.29, 0.717) is 12.2 Å². The topological polar surface area (TPSA) is 12.5 Å². The fourth-order valence-electron chi connectivity index (χ4n) is 2.95. The smallest absolute Gasteiger partial charge is 0.0712 e. The molecule has 20 heavy (non-hydrogen) atoms. The number of morpholine rings is 1. The molecule has 2 nitrogen and oxygen atoms in total. The van der Waals surface area contributed by atoms with Crippen LogP contribution in [0.3, 0.4) is 0 Å². The average molecular weight is 296 g/mol. The van der Waals surface area contributed by atoms with Crippen LogP contribution in [0.15, 0.2) is 24.3 Å². The first-order valence-electron chi connectivity index (χ1n) is 7.69. The first-order chi connectivity index (χ1) is 9.58. The van der Waals surface area contributed by atoms with Crippen LogP contribution in [0.1, 0.15) is 43.7 Å². The summed E-state index contributed by atoms with van der Waals surface area (Å²) in [6.45, 7) is 9.31. The van der Waals surface area contributed by atoms with Gasteiger partial charge in [0.05, 0.1) is 17.6 Å². The van der Waals surface area contributed by atoms with E-state index in [-0.39, 0.29) is 5.38 Å². The summed E-state index contributed by atoms with van der Waals surface area (Å²) < 4.78 is 5.76. The highest BCUT2D eigenvalue weighted by Gasteiger charge is 2.24. The fraction of sp³-hybridized carbons (Fsp3) is 0.647. The standard InChI is InChI=1S/C17H26ClNO/c1-4-5-15-6-8-16(9-7-15)17(18)12-19-10-13(2)20-14(3)11-19/h6-9,13-14,17H,4-5,10-12H2,1-3H3. The Morgan fingerprint density at radius 1 is 1.20 bits per heavy atom. The van der Waals surface area contributed by atoms with Crippen molar-refractivity contribution in [1.82, 2.24) is 4.90 Å². The van der Waals surface area contributed by atoms with Crippen molar-refractivity contribution in [1.29, 1.82) is 0 Å². The minimum absolute atomic E-state index is 0.0585. The molecule has 1 saturated heterocycles. The van der Waals surface area contributed by atoms with E-state index in [1.54, 1.807) is 0 Å². The minimum atomic E-state index is 0.0585. The number of ether oxygens (including phenoxy) is 1. The number of benzene rings is 1. The first-order valence-corrected chi connectivity index (χ1v) is 8.12. The molecule has 0 N–H and O–H groups in total. The van der Waals surface area contributed by atoms with Crippen molar-refractivity contribution in [2.75, 3.05) is 19.6 Å². The van der Waals surface area contributed by atoms with Gasteiger partial charge in [-0.3, -0.25) is 4.90 Å². The molecule has 0 amide bonds. The van der Waals surface area contributed by atoms with Gasteiger partial charge in [-0.25, -0.2) is 0 Å². The summed E-state index contributed by atoms with van der Waals surface area (Å²) in [5.74, 6) is 0. The molecule has 0 radical (unpaired) electrons. The third-order valence-corrected chi connectivity index (χ3v) is 4.18. The number of halogens is 1. The number of alkyl halides is 1. The van der Waals surface area contributed by atoms with Crippen molar-refractivity contribution < 1.29 is 4.74 Å². The second-order valence-corrected chi connectivity index (χ2v) is 6.46. The molecule has 3 unspecified atom stereocenters. The van der Waals surface area contributed by atoms with Crippen LogP contribution in [-0.2, 0) is 11.2 Å². The summed E-state index contributed by atoms with van der Waals surface area (Å²) >= 11 is 6.58. The monoisotopic (exact) mass is 295 g/mol. The molecular formula is C17H26ClNO. The largest absolute Gasteiger partial charge is 0.373 e. The van der Waals surface area contributed by atoms with Gasteiger partial charge in [-0.15, -0.1) is 11.6 Å². The number of aryl methyl sites for hydroxylation is 1. The molecule has 3 heteroatoms. The van der Waals surface area contributed by atoms with Crippen molar-refractivity contribution in [3.8, 4) is 0 Å². The molecule has 1 aliphatic rings. The lowest BCUT2D eigenvalue weighted by molar-refractivity contribution is -0.0678. The second kappa shape index (κ2) is 7.44. The summed E-state index contributed by atoms with van der Waals surface area (Å²) in [5, 5.41) is 0.0585. The van der Waals surface area contributed by atoms with E-state index < -0.39 is 0 Å². The quantitative estimate of drug-likeness (QED) is 0.761. The third kappa shape index (κ3) is 4.47. The Kier molecular flexibility index (Phi) is 5.88. The normalized spacial score (nSPS) is 25.6. The Balaban J connectivity index is 1.92. The maximum Gasteiger partial charge on any atom is 0.0712 e. The lowest BCUT2D eigenvalue weighted by Gasteiger charge is -2.36. The van der Waals surface area contributed by atoms with E-state index >= 15 is 0 Å². The molecule has 0 aliphatic carbocycles. The predicted octanol–water partition coefficient (Wildman–Crippen LogP) is 4.03. The Labute approximate surface area is 128 Å². The number of hydrogen-bond donors (Lipinski definition) is 0. The van der Waals surface area contributed by atoms with Gasteiger partial charge in [-0.1, -0.05) is 37.6 Å². The first kappa shape index (κ1) is 15.8. The van der Waals surface area contributed by atoms with Crippen LogP contribution < -0.4 is 0 Å². The Bertz CT molecular complexity index is 396. The van der Waals surface area contributed by atoms with E-state index in [1.165, 1.54) is 17.5 Å². The van der Waals surface area contributed by atoms with Gasteiger partial charge in [0.25, 0.3) is 0 Å². The second-order valence-electron chi connectivity index (χ2n) is 5.93. The SMILES string of the molecule is CCCc1ccc(C(Cl)CN2CC(C)OC(C)C2)cc1. The van der Waals surface area contributed by atoms with E-state index in [4.69, 9.17) is 16.3 Å². The van der Waals surface area contributed by atoms with Gasteiger partial charge in [-0.05, 0) is 31.4 Å². The summed E-state index contributed by atoms with van der Waals surface area (Å²) in [7, 11) is 0. The summed E-state index contributed by atoms with van der Waals surface area (Å²) in [6.07, 6.45) is 2.93. The highest BCUT2D eigenvalue weighted by molar-refractivity contribution is 6.21. The van der Waals surface area contributed by atoms with Gasteiger partial charge in [0, 0.05) is 19.6 Å². The van der Waals surface area contributed by atoms with Gasteiger partial charge in [0.2, 0.25) is 0 Å². The van der Waals surface area contributed by atoms with E-state index in [1.807, 2.05) is 0 Å². The van der Waals surface area contributed by atoms with Crippen molar-refractivity contribution in [3.05, 3.63) is 35.4 Å².